The van der Waals surface area contributed by atoms with Gasteiger partial charge >= 0.3 is 0 Å². The Morgan fingerprint density at radius 2 is 1.90 bits per heavy atom. The molecule has 1 N–H and O–H groups in total. The van der Waals surface area contributed by atoms with Gasteiger partial charge in [0.25, 0.3) is 0 Å². The van der Waals surface area contributed by atoms with Gasteiger partial charge in [0, 0.05) is 6.04 Å². The van der Waals surface area contributed by atoms with Crippen LogP contribution in [-0.2, 0) is 0 Å². The SMILES string of the molecule is CCCCCCOc1cccc(C(CC)NCCC)c1. The largest absolute Gasteiger partial charge is 0.494 e. The molecule has 0 aromatic heterocycles. The number of nitrogens with one attached hydrogen (secondary N) is 1. The Bertz CT molecular complexity index is 351. The summed E-state index contributed by atoms with van der Waals surface area (Å²) in [6.45, 7) is 8.57. The zero-order valence-electron chi connectivity index (χ0n) is 13.5. The average Bonchev–Trinajstić information content (AvgIpc) is 2.48. The van der Waals surface area contributed by atoms with Gasteiger partial charge in [-0.25, -0.2) is 0 Å². The standard InChI is InChI=1S/C18H31NO/c1-4-7-8-9-14-20-17-12-10-11-16(15-17)18(6-3)19-13-5-2/h10-12,15,18-19H,4-9,13-14H2,1-3H3. The predicted molar refractivity (Wildman–Crippen MR) is 87.4 cm³/mol. The Labute approximate surface area is 124 Å². The quantitative estimate of drug-likeness (QED) is 0.568. The molecule has 2 heteroatoms. The molecular weight excluding hydrogens is 246 g/mol. The van der Waals surface area contributed by atoms with Crippen LogP contribution in [0.2, 0.25) is 0 Å². The number of unbranched alkanes of at least 4 members (excludes halogenated alkanes) is 3. The summed E-state index contributed by atoms with van der Waals surface area (Å²) in [7, 11) is 0. The minimum Gasteiger partial charge on any atom is -0.494 e. The van der Waals surface area contributed by atoms with E-state index in [4.69, 9.17) is 4.74 Å². The first kappa shape index (κ1) is 17.0. The molecule has 0 aliphatic heterocycles. The summed E-state index contributed by atoms with van der Waals surface area (Å²) in [5.41, 5.74) is 1.34. The van der Waals surface area contributed by atoms with Gasteiger partial charge in [0.1, 0.15) is 5.75 Å². The van der Waals surface area contributed by atoms with Crippen LogP contribution in [0.5, 0.6) is 5.75 Å². The number of hydrogen-bond acceptors (Lipinski definition) is 2. The van der Waals surface area contributed by atoms with Gasteiger partial charge in [-0.05, 0) is 43.5 Å². The number of ether oxygens (including phenoxy) is 1. The zero-order valence-corrected chi connectivity index (χ0v) is 13.5. The number of benzene rings is 1. The van der Waals surface area contributed by atoms with Crippen molar-refractivity contribution in [2.45, 2.75) is 65.3 Å². The third kappa shape index (κ3) is 6.42. The first-order chi connectivity index (χ1) is 9.81. The highest BCUT2D eigenvalue weighted by Gasteiger charge is 2.08. The monoisotopic (exact) mass is 277 g/mol. The molecule has 0 saturated carbocycles. The first-order valence-electron chi connectivity index (χ1n) is 8.27. The summed E-state index contributed by atoms with van der Waals surface area (Å²) in [5, 5.41) is 3.59. The summed E-state index contributed by atoms with van der Waals surface area (Å²) in [6.07, 6.45) is 7.29. The lowest BCUT2D eigenvalue weighted by atomic mass is 10.0. The van der Waals surface area contributed by atoms with E-state index in [0.29, 0.717) is 6.04 Å². The van der Waals surface area contributed by atoms with Crippen LogP contribution in [-0.4, -0.2) is 13.2 Å². The van der Waals surface area contributed by atoms with Crippen molar-refractivity contribution in [3.63, 3.8) is 0 Å². The van der Waals surface area contributed by atoms with Gasteiger partial charge in [-0.15, -0.1) is 0 Å². The van der Waals surface area contributed by atoms with E-state index in [1.165, 1.54) is 31.2 Å². The van der Waals surface area contributed by atoms with Crippen LogP contribution in [0.4, 0.5) is 0 Å². The van der Waals surface area contributed by atoms with E-state index in [1.807, 2.05) is 0 Å². The second kappa shape index (κ2) is 10.7. The topological polar surface area (TPSA) is 21.3 Å². The maximum atomic E-state index is 5.86. The molecular formula is C18H31NO. The molecule has 0 radical (unpaired) electrons. The third-order valence-electron chi connectivity index (χ3n) is 3.58. The molecule has 1 unspecified atom stereocenters. The minimum absolute atomic E-state index is 0.443. The van der Waals surface area contributed by atoms with Gasteiger partial charge in [-0.3, -0.25) is 0 Å². The van der Waals surface area contributed by atoms with E-state index >= 15 is 0 Å². The van der Waals surface area contributed by atoms with Crippen LogP contribution in [0.25, 0.3) is 0 Å². The summed E-state index contributed by atoms with van der Waals surface area (Å²) < 4.78 is 5.86. The zero-order chi connectivity index (χ0) is 14.6. The van der Waals surface area contributed by atoms with Crippen LogP contribution in [0.3, 0.4) is 0 Å². The molecule has 0 spiro atoms. The van der Waals surface area contributed by atoms with Crippen molar-refractivity contribution in [2.75, 3.05) is 13.2 Å². The van der Waals surface area contributed by atoms with Gasteiger partial charge in [0.2, 0.25) is 0 Å². The molecule has 0 fully saturated rings. The molecule has 2 nitrogen and oxygen atoms in total. The van der Waals surface area contributed by atoms with Gasteiger partial charge in [0.05, 0.1) is 6.61 Å². The first-order valence-corrected chi connectivity index (χ1v) is 8.27. The Balaban J connectivity index is 2.47. The fourth-order valence-corrected chi connectivity index (χ4v) is 2.36. The Morgan fingerprint density at radius 1 is 1.05 bits per heavy atom. The lowest BCUT2D eigenvalue weighted by Gasteiger charge is -2.18. The van der Waals surface area contributed by atoms with Crippen LogP contribution < -0.4 is 10.1 Å². The molecule has 0 aliphatic carbocycles. The molecule has 114 valence electrons. The van der Waals surface area contributed by atoms with Gasteiger partial charge < -0.3 is 10.1 Å². The Hall–Kier alpha value is -1.02. The van der Waals surface area contributed by atoms with Crippen LogP contribution in [0.1, 0.15) is 70.9 Å². The van der Waals surface area contributed by atoms with Crippen molar-refractivity contribution in [3.8, 4) is 5.75 Å². The smallest absolute Gasteiger partial charge is 0.119 e. The van der Waals surface area contributed by atoms with E-state index in [9.17, 15) is 0 Å². The molecule has 20 heavy (non-hydrogen) atoms. The maximum absolute atomic E-state index is 5.86. The van der Waals surface area contributed by atoms with Crippen molar-refractivity contribution in [1.82, 2.24) is 5.32 Å². The highest BCUT2D eigenvalue weighted by atomic mass is 16.5. The molecule has 1 atom stereocenters. The fraction of sp³-hybridized carbons (Fsp3) is 0.667. The normalized spacial score (nSPS) is 12.3. The van der Waals surface area contributed by atoms with Crippen molar-refractivity contribution < 1.29 is 4.74 Å². The minimum atomic E-state index is 0.443. The number of hydrogen-bond donors (Lipinski definition) is 1. The summed E-state index contributed by atoms with van der Waals surface area (Å²) in [4.78, 5) is 0. The maximum Gasteiger partial charge on any atom is 0.119 e. The van der Waals surface area contributed by atoms with Crippen molar-refractivity contribution in [3.05, 3.63) is 29.8 Å². The van der Waals surface area contributed by atoms with E-state index in [2.05, 4.69) is 50.4 Å². The average molecular weight is 277 g/mol. The summed E-state index contributed by atoms with van der Waals surface area (Å²) in [6, 6.07) is 9.00. The summed E-state index contributed by atoms with van der Waals surface area (Å²) >= 11 is 0. The summed E-state index contributed by atoms with van der Waals surface area (Å²) in [5.74, 6) is 1.01. The third-order valence-corrected chi connectivity index (χ3v) is 3.58. The molecule has 0 heterocycles. The Morgan fingerprint density at radius 3 is 2.60 bits per heavy atom. The van der Waals surface area contributed by atoms with Gasteiger partial charge in [-0.2, -0.15) is 0 Å². The van der Waals surface area contributed by atoms with Gasteiger partial charge in [0.15, 0.2) is 0 Å². The lowest BCUT2D eigenvalue weighted by molar-refractivity contribution is 0.304. The highest BCUT2D eigenvalue weighted by molar-refractivity contribution is 5.30. The van der Waals surface area contributed by atoms with E-state index in [-0.39, 0.29) is 0 Å². The molecule has 1 aromatic carbocycles. The molecule has 0 bridgehead atoms. The second-order valence-electron chi connectivity index (χ2n) is 5.40. The molecule has 0 amide bonds. The molecule has 1 rings (SSSR count). The van der Waals surface area contributed by atoms with Crippen molar-refractivity contribution >= 4 is 0 Å². The lowest BCUT2D eigenvalue weighted by Crippen LogP contribution is -2.21. The van der Waals surface area contributed by atoms with Gasteiger partial charge in [-0.1, -0.05) is 52.2 Å². The van der Waals surface area contributed by atoms with E-state index in [0.717, 1.165) is 31.7 Å². The van der Waals surface area contributed by atoms with E-state index in [1.54, 1.807) is 0 Å². The predicted octanol–water partition coefficient (Wildman–Crippen LogP) is 5.10. The number of rotatable bonds is 11. The molecule has 0 aliphatic rings. The van der Waals surface area contributed by atoms with Crippen LogP contribution >= 0.6 is 0 Å². The fourth-order valence-electron chi connectivity index (χ4n) is 2.36. The highest BCUT2D eigenvalue weighted by Crippen LogP contribution is 2.22. The second-order valence-corrected chi connectivity index (χ2v) is 5.40. The van der Waals surface area contributed by atoms with E-state index < -0.39 is 0 Å². The molecule has 1 aromatic rings. The van der Waals surface area contributed by atoms with Crippen LogP contribution in [0.15, 0.2) is 24.3 Å². The van der Waals surface area contributed by atoms with Crippen molar-refractivity contribution in [2.24, 2.45) is 0 Å². The Kier molecular flexibility index (Phi) is 9.14. The molecule has 0 saturated heterocycles. The van der Waals surface area contributed by atoms with Crippen molar-refractivity contribution in [1.29, 1.82) is 0 Å². The van der Waals surface area contributed by atoms with Crippen LogP contribution in [0, 0.1) is 0 Å².